The third kappa shape index (κ3) is 4.61. The maximum Gasteiger partial charge on any atom is 0.335 e. The molecule has 21 heavy (non-hydrogen) atoms. The number of carbonyl (C=O) groups is 3. The SMILES string of the molecule is C=C(C)C(=O)Nc1cc(NC(=O)C(=C)C)cc(C(=O)O)c1. The van der Waals surface area contributed by atoms with Gasteiger partial charge in [0.1, 0.15) is 0 Å². The molecule has 0 heterocycles. The number of anilines is 2. The van der Waals surface area contributed by atoms with Crippen LogP contribution < -0.4 is 10.6 Å². The Bertz CT molecular complexity index is 601. The Balaban J connectivity index is 3.14. The molecule has 2 amide bonds. The normalized spacial score (nSPS) is 9.62. The maximum atomic E-state index is 11.6. The van der Waals surface area contributed by atoms with Crippen molar-refractivity contribution in [1.82, 2.24) is 0 Å². The summed E-state index contributed by atoms with van der Waals surface area (Å²) in [6.45, 7) is 10.0. The minimum absolute atomic E-state index is 0.0634. The molecule has 1 rings (SSSR count). The molecule has 0 aliphatic rings. The number of aromatic carboxylic acids is 1. The van der Waals surface area contributed by atoms with Crippen LogP contribution in [-0.4, -0.2) is 22.9 Å². The fourth-order valence-corrected chi connectivity index (χ4v) is 1.37. The summed E-state index contributed by atoms with van der Waals surface area (Å²) in [4.78, 5) is 34.2. The van der Waals surface area contributed by atoms with Crippen molar-refractivity contribution in [2.75, 3.05) is 10.6 Å². The summed E-state index contributed by atoms with van der Waals surface area (Å²) < 4.78 is 0. The average molecular weight is 288 g/mol. The Hall–Kier alpha value is -2.89. The number of carbonyl (C=O) groups excluding carboxylic acids is 2. The molecule has 110 valence electrons. The van der Waals surface area contributed by atoms with Gasteiger partial charge in [0.2, 0.25) is 0 Å². The lowest BCUT2D eigenvalue weighted by Crippen LogP contribution is -2.15. The van der Waals surface area contributed by atoms with Crippen LogP contribution in [-0.2, 0) is 9.59 Å². The molecule has 0 spiro atoms. The molecule has 0 aliphatic carbocycles. The second kappa shape index (κ2) is 6.51. The molecule has 6 heteroatoms. The molecule has 0 atom stereocenters. The van der Waals surface area contributed by atoms with Crippen molar-refractivity contribution in [2.24, 2.45) is 0 Å². The highest BCUT2D eigenvalue weighted by Crippen LogP contribution is 2.20. The van der Waals surface area contributed by atoms with E-state index in [1.54, 1.807) is 0 Å². The number of rotatable bonds is 5. The molecule has 0 bridgehead atoms. The summed E-state index contributed by atoms with van der Waals surface area (Å²) in [6, 6.07) is 4.04. The zero-order valence-electron chi connectivity index (χ0n) is 11.8. The average Bonchev–Trinajstić information content (AvgIpc) is 2.37. The number of hydrogen-bond donors (Lipinski definition) is 3. The summed E-state index contributed by atoms with van der Waals surface area (Å²) in [7, 11) is 0. The van der Waals surface area contributed by atoms with E-state index >= 15 is 0 Å². The second-order valence-corrected chi connectivity index (χ2v) is 4.57. The summed E-state index contributed by atoms with van der Waals surface area (Å²) in [5, 5.41) is 14.1. The third-order valence-corrected chi connectivity index (χ3v) is 2.47. The lowest BCUT2D eigenvalue weighted by atomic mass is 10.1. The Labute approximate surface area is 122 Å². The van der Waals surface area contributed by atoms with Gasteiger partial charge in [-0.15, -0.1) is 0 Å². The quantitative estimate of drug-likeness (QED) is 0.725. The molecule has 3 N–H and O–H groups in total. The van der Waals surface area contributed by atoms with Gasteiger partial charge in [-0.3, -0.25) is 9.59 Å². The standard InChI is InChI=1S/C15H16N2O4/c1-8(2)13(18)16-11-5-10(15(20)21)6-12(7-11)17-14(19)9(3)4/h5-7H,1,3H2,2,4H3,(H,16,18)(H,17,19)(H,20,21). The maximum absolute atomic E-state index is 11.6. The predicted molar refractivity (Wildman–Crippen MR) is 80.3 cm³/mol. The van der Waals surface area contributed by atoms with Crippen LogP contribution in [0.4, 0.5) is 11.4 Å². The van der Waals surface area contributed by atoms with Crippen LogP contribution in [0.15, 0.2) is 42.5 Å². The van der Waals surface area contributed by atoms with Gasteiger partial charge in [-0.25, -0.2) is 4.79 Å². The summed E-state index contributed by atoms with van der Waals surface area (Å²) >= 11 is 0. The smallest absolute Gasteiger partial charge is 0.335 e. The van der Waals surface area contributed by atoms with Crippen LogP contribution in [0.5, 0.6) is 0 Å². The van der Waals surface area contributed by atoms with Gasteiger partial charge in [0.15, 0.2) is 0 Å². The topological polar surface area (TPSA) is 95.5 Å². The molecule has 0 aliphatic heterocycles. The van der Waals surface area contributed by atoms with Crippen molar-refractivity contribution >= 4 is 29.2 Å². The van der Waals surface area contributed by atoms with Crippen LogP contribution in [0, 0.1) is 0 Å². The Morgan fingerprint density at radius 2 is 1.29 bits per heavy atom. The van der Waals surface area contributed by atoms with Crippen molar-refractivity contribution in [3.8, 4) is 0 Å². The number of carboxylic acids is 1. The van der Waals surface area contributed by atoms with Gasteiger partial charge >= 0.3 is 5.97 Å². The van der Waals surface area contributed by atoms with E-state index in [9.17, 15) is 14.4 Å². The van der Waals surface area contributed by atoms with E-state index in [4.69, 9.17) is 5.11 Å². The molecule has 0 aromatic heterocycles. The van der Waals surface area contributed by atoms with Gasteiger partial charge in [0.25, 0.3) is 11.8 Å². The number of amides is 2. The van der Waals surface area contributed by atoms with Crippen molar-refractivity contribution in [3.63, 3.8) is 0 Å². The molecule has 0 saturated heterocycles. The number of carboxylic acid groups (broad SMARTS) is 1. The highest BCUT2D eigenvalue weighted by atomic mass is 16.4. The van der Waals surface area contributed by atoms with Gasteiger partial charge in [-0.1, -0.05) is 13.2 Å². The van der Waals surface area contributed by atoms with Crippen LogP contribution in [0.3, 0.4) is 0 Å². The Kier molecular flexibility index (Phi) is 5.01. The zero-order valence-corrected chi connectivity index (χ0v) is 11.8. The van der Waals surface area contributed by atoms with Gasteiger partial charge < -0.3 is 15.7 Å². The fourth-order valence-electron chi connectivity index (χ4n) is 1.37. The van der Waals surface area contributed by atoms with E-state index in [1.165, 1.54) is 32.0 Å². The number of hydrogen-bond acceptors (Lipinski definition) is 3. The van der Waals surface area contributed by atoms with E-state index in [0.717, 1.165) is 0 Å². The molecule has 0 unspecified atom stereocenters. The van der Waals surface area contributed by atoms with Crippen molar-refractivity contribution < 1.29 is 19.5 Å². The van der Waals surface area contributed by atoms with E-state index in [1.807, 2.05) is 0 Å². The zero-order chi connectivity index (χ0) is 16.2. The Morgan fingerprint density at radius 1 is 0.905 bits per heavy atom. The summed E-state index contributed by atoms with van der Waals surface area (Å²) in [5.74, 6) is -2.04. The molecular weight excluding hydrogens is 272 g/mol. The van der Waals surface area contributed by atoms with Gasteiger partial charge in [-0.2, -0.15) is 0 Å². The first-order valence-corrected chi connectivity index (χ1v) is 6.03. The first-order chi connectivity index (χ1) is 9.70. The lowest BCUT2D eigenvalue weighted by Gasteiger charge is -2.10. The van der Waals surface area contributed by atoms with Crippen molar-refractivity contribution in [2.45, 2.75) is 13.8 Å². The summed E-state index contributed by atoms with van der Waals surface area (Å²) in [6.07, 6.45) is 0. The predicted octanol–water partition coefficient (Wildman–Crippen LogP) is 2.41. The molecule has 1 aromatic carbocycles. The first kappa shape index (κ1) is 16.2. The molecular formula is C15H16N2O4. The first-order valence-electron chi connectivity index (χ1n) is 6.03. The van der Waals surface area contributed by atoms with Crippen molar-refractivity contribution in [3.05, 3.63) is 48.1 Å². The molecule has 1 aromatic rings. The monoisotopic (exact) mass is 288 g/mol. The highest BCUT2D eigenvalue weighted by Gasteiger charge is 2.11. The molecule has 6 nitrogen and oxygen atoms in total. The molecule has 0 fully saturated rings. The highest BCUT2D eigenvalue weighted by molar-refractivity contribution is 6.06. The van der Waals surface area contributed by atoms with E-state index in [0.29, 0.717) is 0 Å². The summed E-state index contributed by atoms with van der Waals surface area (Å²) in [5.41, 5.74) is 0.998. The second-order valence-electron chi connectivity index (χ2n) is 4.57. The number of nitrogens with one attached hydrogen (secondary N) is 2. The number of benzene rings is 1. The van der Waals surface area contributed by atoms with E-state index in [-0.39, 0.29) is 28.1 Å². The van der Waals surface area contributed by atoms with Crippen LogP contribution in [0.1, 0.15) is 24.2 Å². The van der Waals surface area contributed by atoms with Gasteiger partial charge in [0.05, 0.1) is 5.56 Å². The van der Waals surface area contributed by atoms with Crippen molar-refractivity contribution in [1.29, 1.82) is 0 Å². The molecule has 0 saturated carbocycles. The van der Waals surface area contributed by atoms with Gasteiger partial charge in [0, 0.05) is 22.5 Å². The lowest BCUT2D eigenvalue weighted by molar-refractivity contribution is -0.113. The largest absolute Gasteiger partial charge is 0.478 e. The van der Waals surface area contributed by atoms with Crippen LogP contribution >= 0.6 is 0 Å². The van der Waals surface area contributed by atoms with Crippen LogP contribution in [0.2, 0.25) is 0 Å². The fraction of sp³-hybridized carbons (Fsp3) is 0.133. The minimum atomic E-state index is -1.17. The molecule has 0 radical (unpaired) electrons. The van der Waals surface area contributed by atoms with Gasteiger partial charge in [-0.05, 0) is 32.0 Å². The Morgan fingerprint density at radius 3 is 1.57 bits per heavy atom. The minimum Gasteiger partial charge on any atom is -0.478 e. The van der Waals surface area contributed by atoms with E-state index < -0.39 is 17.8 Å². The van der Waals surface area contributed by atoms with E-state index in [2.05, 4.69) is 23.8 Å². The van der Waals surface area contributed by atoms with Crippen LogP contribution in [0.25, 0.3) is 0 Å². The third-order valence-electron chi connectivity index (χ3n) is 2.47.